The Labute approximate surface area is 100.0 Å². The number of likely N-dealkylation sites (tertiary alicyclic amines) is 1. The molecule has 1 amide bonds. The Kier molecular flexibility index (Phi) is 2.48. The molecule has 1 aromatic heterocycles. The second kappa shape index (κ2) is 4.00. The number of rotatable bonds is 2. The van der Waals surface area contributed by atoms with Gasteiger partial charge in [0.15, 0.2) is 0 Å². The zero-order valence-electron chi connectivity index (χ0n) is 9.60. The number of hydrogen-bond acceptors (Lipinski definition) is 4. The molecule has 1 aliphatic heterocycles. The quantitative estimate of drug-likeness (QED) is 0.589. The Morgan fingerprint density at radius 3 is 3.06 bits per heavy atom. The SMILES string of the molecule is NNc1cnccc1C(=O)N1CC2CCC1C2. The van der Waals surface area contributed by atoms with Gasteiger partial charge in [-0.1, -0.05) is 0 Å². The first kappa shape index (κ1) is 10.5. The summed E-state index contributed by atoms with van der Waals surface area (Å²) >= 11 is 0. The molecule has 90 valence electrons. The van der Waals surface area contributed by atoms with Crippen LogP contribution in [0.3, 0.4) is 0 Å². The lowest BCUT2D eigenvalue weighted by molar-refractivity contribution is 0.0704. The molecule has 3 N–H and O–H groups in total. The highest BCUT2D eigenvalue weighted by molar-refractivity contribution is 5.99. The molecule has 1 aliphatic carbocycles. The molecule has 3 rings (SSSR count). The average Bonchev–Trinajstić information content (AvgIpc) is 3.00. The van der Waals surface area contributed by atoms with Gasteiger partial charge in [-0.3, -0.25) is 15.6 Å². The standard InChI is InChI=1S/C12H16N4O/c13-15-11-6-14-4-3-10(11)12(17)16-7-8-1-2-9(16)5-8/h3-4,6,8-9,15H,1-2,5,7,13H2. The van der Waals surface area contributed by atoms with Crippen molar-refractivity contribution in [3.05, 3.63) is 24.0 Å². The summed E-state index contributed by atoms with van der Waals surface area (Å²) in [5.41, 5.74) is 3.75. The van der Waals surface area contributed by atoms with E-state index in [1.807, 2.05) is 4.90 Å². The number of piperidine rings is 1. The number of nitrogens with two attached hydrogens (primary N) is 1. The van der Waals surface area contributed by atoms with Crippen LogP contribution in [-0.4, -0.2) is 28.4 Å². The Bertz CT molecular complexity index is 448. The van der Waals surface area contributed by atoms with Gasteiger partial charge >= 0.3 is 0 Å². The number of nitrogens with zero attached hydrogens (tertiary/aromatic N) is 2. The summed E-state index contributed by atoms with van der Waals surface area (Å²) in [6, 6.07) is 2.16. The van der Waals surface area contributed by atoms with E-state index in [9.17, 15) is 4.79 Å². The van der Waals surface area contributed by atoms with Crippen molar-refractivity contribution >= 4 is 11.6 Å². The molecular formula is C12H16N4O. The molecule has 2 aliphatic rings. The van der Waals surface area contributed by atoms with Crippen LogP contribution in [0.4, 0.5) is 5.69 Å². The number of aromatic nitrogens is 1. The third-order valence-corrected chi connectivity index (χ3v) is 3.88. The van der Waals surface area contributed by atoms with Crippen molar-refractivity contribution in [2.75, 3.05) is 12.0 Å². The molecule has 5 heteroatoms. The van der Waals surface area contributed by atoms with Crippen molar-refractivity contribution < 1.29 is 4.79 Å². The number of anilines is 1. The summed E-state index contributed by atoms with van der Waals surface area (Å²) < 4.78 is 0. The van der Waals surface area contributed by atoms with Crippen molar-refractivity contribution in [1.29, 1.82) is 0 Å². The van der Waals surface area contributed by atoms with Crippen molar-refractivity contribution in [3.63, 3.8) is 0 Å². The molecule has 1 saturated heterocycles. The summed E-state index contributed by atoms with van der Waals surface area (Å²) in [7, 11) is 0. The fraction of sp³-hybridized carbons (Fsp3) is 0.500. The first-order valence-corrected chi connectivity index (χ1v) is 6.01. The topological polar surface area (TPSA) is 71.2 Å². The normalized spacial score (nSPS) is 26.3. The lowest BCUT2D eigenvalue weighted by Gasteiger charge is -2.27. The first-order chi connectivity index (χ1) is 8.29. The predicted molar refractivity (Wildman–Crippen MR) is 64.2 cm³/mol. The molecule has 0 aromatic carbocycles. The zero-order valence-corrected chi connectivity index (χ0v) is 9.60. The average molecular weight is 232 g/mol. The van der Waals surface area contributed by atoms with E-state index in [-0.39, 0.29) is 5.91 Å². The number of hydrazine groups is 1. The number of hydrogen-bond donors (Lipinski definition) is 2. The second-order valence-electron chi connectivity index (χ2n) is 4.86. The molecule has 2 fully saturated rings. The van der Waals surface area contributed by atoms with Crippen LogP contribution in [0.15, 0.2) is 18.5 Å². The van der Waals surface area contributed by atoms with Gasteiger partial charge in [0.1, 0.15) is 0 Å². The van der Waals surface area contributed by atoms with E-state index in [1.54, 1.807) is 18.5 Å². The lowest BCUT2D eigenvalue weighted by Crippen LogP contribution is -2.38. The zero-order chi connectivity index (χ0) is 11.8. The number of nitrogen functional groups attached to an aromatic ring is 1. The van der Waals surface area contributed by atoms with Gasteiger partial charge in [-0.05, 0) is 31.2 Å². The van der Waals surface area contributed by atoms with E-state index in [4.69, 9.17) is 5.84 Å². The Morgan fingerprint density at radius 1 is 1.53 bits per heavy atom. The fourth-order valence-corrected chi connectivity index (χ4v) is 3.02. The van der Waals surface area contributed by atoms with Crippen molar-refractivity contribution in [2.24, 2.45) is 11.8 Å². The fourth-order valence-electron chi connectivity index (χ4n) is 3.02. The third kappa shape index (κ3) is 1.67. The van der Waals surface area contributed by atoms with Crippen LogP contribution in [0.5, 0.6) is 0 Å². The minimum Gasteiger partial charge on any atom is -0.335 e. The number of nitrogens with one attached hydrogen (secondary N) is 1. The van der Waals surface area contributed by atoms with Crippen LogP contribution < -0.4 is 11.3 Å². The summed E-state index contributed by atoms with van der Waals surface area (Å²) in [6.45, 7) is 0.899. The maximum absolute atomic E-state index is 12.4. The predicted octanol–water partition coefficient (Wildman–Crippen LogP) is 0.992. The first-order valence-electron chi connectivity index (χ1n) is 6.01. The molecule has 2 heterocycles. The summed E-state index contributed by atoms with van der Waals surface area (Å²) in [5, 5.41) is 0. The molecule has 1 aromatic rings. The van der Waals surface area contributed by atoms with E-state index in [0.29, 0.717) is 23.2 Å². The number of fused-ring (bicyclic) bond motifs is 2. The van der Waals surface area contributed by atoms with Crippen LogP contribution in [0, 0.1) is 5.92 Å². The Balaban J connectivity index is 1.86. The summed E-state index contributed by atoms with van der Waals surface area (Å²) in [4.78, 5) is 18.4. The van der Waals surface area contributed by atoms with Crippen LogP contribution >= 0.6 is 0 Å². The highest BCUT2D eigenvalue weighted by Gasteiger charge is 2.40. The molecule has 2 unspecified atom stereocenters. The molecule has 2 atom stereocenters. The molecule has 17 heavy (non-hydrogen) atoms. The van der Waals surface area contributed by atoms with Gasteiger partial charge in [0, 0.05) is 18.8 Å². The number of carbonyl (C=O) groups excluding carboxylic acids is 1. The van der Waals surface area contributed by atoms with Gasteiger partial charge in [0.2, 0.25) is 0 Å². The monoisotopic (exact) mass is 232 g/mol. The van der Waals surface area contributed by atoms with E-state index in [1.165, 1.54) is 12.8 Å². The maximum atomic E-state index is 12.4. The lowest BCUT2D eigenvalue weighted by atomic mass is 10.1. The molecule has 1 saturated carbocycles. The Morgan fingerprint density at radius 2 is 2.41 bits per heavy atom. The molecular weight excluding hydrogens is 216 g/mol. The van der Waals surface area contributed by atoms with Crippen molar-refractivity contribution in [3.8, 4) is 0 Å². The highest BCUT2D eigenvalue weighted by atomic mass is 16.2. The number of amides is 1. The largest absolute Gasteiger partial charge is 0.335 e. The van der Waals surface area contributed by atoms with E-state index in [2.05, 4.69) is 10.4 Å². The van der Waals surface area contributed by atoms with E-state index < -0.39 is 0 Å². The van der Waals surface area contributed by atoms with Gasteiger partial charge in [-0.25, -0.2) is 0 Å². The van der Waals surface area contributed by atoms with Gasteiger partial charge in [-0.2, -0.15) is 0 Å². The molecule has 5 nitrogen and oxygen atoms in total. The number of carbonyl (C=O) groups is 1. The molecule has 2 bridgehead atoms. The summed E-state index contributed by atoms with van der Waals surface area (Å²) in [6.07, 6.45) is 6.80. The molecule has 0 spiro atoms. The minimum atomic E-state index is 0.0764. The summed E-state index contributed by atoms with van der Waals surface area (Å²) in [5.74, 6) is 6.19. The van der Waals surface area contributed by atoms with Gasteiger partial charge in [0.05, 0.1) is 17.4 Å². The second-order valence-corrected chi connectivity index (χ2v) is 4.86. The van der Waals surface area contributed by atoms with Crippen LogP contribution in [0.1, 0.15) is 29.6 Å². The van der Waals surface area contributed by atoms with Gasteiger partial charge in [-0.15, -0.1) is 0 Å². The third-order valence-electron chi connectivity index (χ3n) is 3.88. The minimum absolute atomic E-state index is 0.0764. The van der Waals surface area contributed by atoms with Crippen molar-refractivity contribution in [1.82, 2.24) is 9.88 Å². The maximum Gasteiger partial charge on any atom is 0.256 e. The Hall–Kier alpha value is -1.62. The van der Waals surface area contributed by atoms with Crippen molar-refractivity contribution in [2.45, 2.75) is 25.3 Å². The smallest absolute Gasteiger partial charge is 0.256 e. The highest BCUT2D eigenvalue weighted by Crippen LogP contribution is 2.38. The molecule has 0 radical (unpaired) electrons. The van der Waals surface area contributed by atoms with Gasteiger partial charge in [0.25, 0.3) is 5.91 Å². The van der Waals surface area contributed by atoms with E-state index in [0.717, 1.165) is 13.0 Å². The van der Waals surface area contributed by atoms with Gasteiger partial charge < -0.3 is 10.3 Å². The van der Waals surface area contributed by atoms with Crippen LogP contribution in [0.2, 0.25) is 0 Å². The number of pyridine rings is 1. The van der Waals surface area contributed by atoms with E-state index >= 15 is 0 Å². The van der Waals surface area contributed by atoms with Crippen LogP contribution in [0.25, 0.3) is 0 Å². The van der Waals surface area contributed by atoms with Crippen LogP contribution in [-0.2, 0) is 0 Å².